The standard InChI is InChI=1S/C26H43N3O4/c1-9-11-16-27-23(30)22(20-14-12-19(10-2)13-15-20)29(8)24(31)21(17-18(3)4)28-25(32)33-26(5,6)7/h12-15,18,21-22H,9-11,16-17H2,1-8H3,(H,27,30)(H,28,32). The van der Waals surface area contributed by atoms with Crippen LogP contribution >= 0.6 is 0 Å². The molecule has 2 atom stereocenters. The first-order valence-corrected chi connectivity index (χ1v) is 12.0. The lowest BCUT2D eigenvalue weighted by atomic mass is 9.99. The maximum absolute atomic E-state index is 13.5. The highest BCUT2D eigenvalue weighted by Gasteiger charge is 2.34. The number of aryl methyl sites for hydroxylation is 1. The summed E-state index contributed by atoms with van der Waals surface area (Å²) in [4.78, 5) is 40.5. The van der Waals surface area contributed by atoms with E-state index >= 15 is 0 Å². The molecule has 1 aromatic carbocycles. The Labute approximate surface area is 199 Å². The molecule has 3 amide bonds. The fourth-order valence-corrected chi connectivity index (χ4v) is 3.49. The third-order valence-electron chi connectivity index (χ3n) is 5.21. The van der Waals surface area contributed by atoms with E-state index in [1.54, 1.807) is 27.8 Å². The van der Waals surface area contributed by atoms with Crippen LogP contribution in [0.25, 0.3) is 0 Å². The number of amides is 3. The molecule has 0 radical (unpaired) electrons. The summed E-state index contributed by atoms with van der Waals surface area (Å²) in [6, 6.07) is 6.15. The van der Waals surface area contributed by atoms with Gasteiger partial charge in [-0.3, -0.25) is 9.59 Å². The average Bonchev–Trinajstić information content (AvgIpc) is 2.71. The number of likely N-dealkylation sites (N-methyl/N-ethyl adjacent to an activating group) is 1. The van der Waals surface area contributed by atoms with E-state index in [1.807, 2.05) is 38.1 Å². The fraction of sp³-hybridized carbons (Fsp3) is 0.654. The number of carbonyl (C=O) groups excluding carboxylic acids is 3. The Morgan fingerprint density at radius 3 is 2.15 bits per heavy atom. The van der Waals surface area contributed by atoms with Crippen LogP contribution in [-0.2, 0) is 20.7 Å². The summed E-state index contributed by atoms with van der Waals surface area (Å²) in [6.45, 7) is 14.0. The zero-order valence-electron chi connectivity index (χ0n) is 21.7. The first-order valence-electron chi connectivity index (χ1n) is 12.0. The monoisotopic (exact) mass is 461 g/mol. The molecule has 0 aliphatic rings. The van der Waals surface area contributed by atoms with Gasteiger partial charge in [0.05, 0.1) is 0 Å². The number of benzene rings is 1. The van der Waals surface area contributed by atoms with Crippen molar-refractivity contribution in [3.63, 3.8) is 0 Å². The predicted octanol–water partition coefficient (Wildman–Crippen LogP) is 4.60. The zero-order valence-corrected chi connectivity index (χ0v) is 21.7. The van der Waals surface area contributed by atoms with Gasteiger partial charge in [0, 0.05) is 13.6 Å². The van der Waals surface area contributed by atoms with Crippen LogP contribution in [0.2, 0.25) is 0 Å². The molecule has 0 fully saturated rings. The second-order valence-corrected chi connectivity index (χ2v) is 9.92. The first kappa shape index (κ1) is 28.5. The largest absolute Gasteiger partial charge is 0.444 e. The van der Waals surface area contributed by atoms with Gasteiger partial charge in [-0.05, 0) is 57.1 Å². The smallest absolute Gasteiger partial charge is 0.408 e. The van der Waals surface area contributed by atoms with Gasteiger partial charge in [-0.15, -0.1) is 0 Å². The molecule has 0 saturated carbocycles. The molecule has 2 unspecified atom stereocenters. The highest BCUT2D eigenvalue weighted by atomic mass is 16.6. The van der Waals surface area contributed by atoms with Crippen LogP contribution in [0.4, 0.5) is 4.79 Å². The molecule has 186 valence electrons. The summed E-state index contributed by atoms with van der Waals surface area (Å²) in [5.41, 5.74) is 1.21. The number of nitrogens with zero attached hydrogens (tertiary/aromatic N) is 1. The number of hydrogen-bond donors (Lipinski definition) is 2. The van der Waals surface area contributed by atoms with E-state index in [9.17, 15) is 14.4 Å². The van der Waals surface area contributed by atoms with Crippen molar-refractivity contribution in [3.05, 3.63) is 35.4 Å². The molecule has 0 saturated heterocycles. The Morgan fingerprint density at radius 2 is 1.67 bits per heavy atom. The summed E-state index contributed by atoms with van der Waals surface area (Å²) in [5.74, 6) is -0.406. The van der Waals surface area contributed by atoms with E-state index in [4.69, 9.17) is 4.74 Å². The van der Waals surface area contributed by atoms with Crippen molar-refractivity contribution in [2.24, 2.45) is 5.92 Å². The van der Waals surface area contributed by atoms with Crippen LogP contribution in [0.1, 0.15) is 84.9 Å². The lowest BCUT2D eigenvalue weighted by Crippen LogP contribution is -2.52. The van der Waals surface area contributed by atoms with Crippen molar-refractivity contribution in [1.29, 1.82) is 0 Å². The number of rotatable bonds is 11. The van der Waals surface area contributed by atoms with Gasteiger partial charge < -0.3 is 20.3 Å². The molecule has 0 aliphatic heterocycles. The molecule has 7 nitrogen and oxygen atoms in total. The van der Waals surface area contributed by atoms with E-state index in [1.165, 1.54) is 4.90 Å². The van der Waals surface area contributed by atoms with Crippen LogP contribution in [0.15, 0.2) is 24.3 Å². The Hall–Kier alpha value is -2.57. The fourth-order valence-electron chi connectivity index (χ4n) is 3.49. The summed E-state index contributed by atoms with van der Waals surface area (Å²) >= 11 is 0. The molecule has 0 bridgehead atoms. The number of nitrogens with one attached hydrogen (secondary N) is 2. The molecule has 7 heteroatoms. The Balaban J connectivity index is 3.20. The molecule has 2 N–H and O–H groups in total. The summed E-state index contributed by atoms with van der Waals surface area (Å²) < 4.78 is 5.36. The van der Waals surface area contributed by atoms with Gasteiger partial charge in [0.25, 0.3) is 0 Å². The van der Waals surface area contributed by atoms with Gasteiger partial charge >= 0.3 is 6.09 Å². The minimum atomic E-state index is -0.800. The van der Waals surface area contributed by atoms with Crippen LogP contribution in [0.5, 0.6) is 0 Å². The lowest BCUT2D eigenvalue weighted by Gasteiger charge is -2.32. The van der Waals surface area contributed by atoms with Crippen molar-refractivity contribution in [1.82, 2.24) is 15.5 Å². The highest BCUT2D eigenvalue weighted by Crippen LogP contribution is 2.23. The molecule has 0 aromatic heterocycles. The van der Waals surface area contributed by atoms with Crippen molar-refractivity contribution in [2.45, 2.75) is 91.8 Å². The van der Waals surface area contributed by atoms with Gasteiger partial charge in [0.1, 0.15) is 17.7 Å². The number of ether oxygens (including phenoxy) is 1. The molecule has 0 spiro atoms. The number of hydrogen-bond acceptors (Lipinski definition) is 4. The van der Waals surface area contributed by atoms with E-state index in [-0.39, 0.29) is 17.7 Å². The average molecular weight is 462 g/mol. The van der Waals surface area contributed by atoms with Crippen molar-refractivity contribution in [3.8, 4) is 0 Å². The van der Waals surface area contributed by atoms with E-state index in [0.717, 1.165) is 30.4 Å². The highest BCUT2D eigenvalue weighted by molar-refractivity contribution is 5.92. The van der Waals surface area contributed by atoms with Crippen LogP contribution in [0.3, 0.4) is 0 Å². The predicted molar refractivity (Wildman–Crippen MR) is 132 cm³/mol. The third-order valence-corrected chi connectivity index (χ3v) is 5.21. The van der Waals surface area contributed by atoms with Gasteiger partial charge in [0.2, 0.25) is 11.8 Å². The Kier molecular flexibility index (Phi) is 11.4. The molecule has 1 rings (SSSR count). The van der Waals surface area contributed by atoms with Crippen molar-refractivity contribution < 1.29 is 19.1 Å². The second-order valence-electron chi connectivity index (χ2n) is 9.92. The molecular formula is C26H43N3O4. The maximum atomic E-state index is 13.5. The molecule has 0 aliphatic carbocycles. The number of alkyl carbamates (subject to hydrolysis) is 1. The Morgan fingerprint density at radius 1 is 1.06 bits per heavy atom. The van der Waals surface area contributed by atoms with E-state index < -0.39 is 23.8 Å². The minimum Gasteiger partial charge on any atom is -0.444 e. The van der Waals surface area contributed by atoms with Crippen LogP contribution in [0, 0.1) is 5.92 Å². The SMILES string of the molecule is CCCCNC(=O)C(c1ccc(CC)cc1)N(C)C(=O)C(CC(C)C)NC(=O)OC(C)(C)C. The van der Waals surface area contributed by atoms with E-state index in [0.29, 0.717) is 13.0 Å². The Bertz CT molecular complexity index is 769. The molecule has 1 aromatic rings. The minimum absolute atomic E-state index is 0.156. The zero-order chi connectivity index (χ0) is 25.2. The number of unbranched alkanes of at least 4 members (excludes halogenated alkanes) is 1. The lowest BCUT2D eigenvalue weighted by molar-refractivity contribution is -0.141. The summed E-state index contributed by atoms with van der Waals surface area (Å²) in [5, 5.41) is 5.67. The van der Waals surface area contributed by atoms with Gasteiger partial charge in [-0.25, -0.2) is 4.79 Å². The third kappa shape index (κ3) is 9.84. The van der Waals surface area contributed by atoms with Gasteiger partial charge in [0.15, 0.2) is 0 Å². The number of carbonyl (C=O) groups is 3. The molecule has 0 heterocycles. The van der Waals surface area contributed by atoms with Crippen molar-refractivity contribution in [2.75, 3.05) is 13.6 Å². The summed E-state index contributed by atoms with van der Waals surface area (Å²) in [7, 11) is 1.62. The molecular weight excluding hydrogens is 418 g/mol. The second kappa shape index (κ2) is 13.2. The quantitative estimate of drug-likeness (QED) is 0.471. The van der Waals surface area contributed by atoms with Crippen LogP contribution < -0.4 is 10.6 Å². The van der Waals surface area contributed by atoms with E-state index in [2.05, 4.69) is 24.5 Å². The maximum Gasteiger partial charge on any atom is 0.408 e. The molecule has 33 heavy (non-hydrogen) atoms. The summed E-state index contributed by atoms with van der Waals surface area (Å²) in [6.07, 6.45) is 2.49. The van der Waals surface area contributed by atoms with Crippen molar-refractivity contribution >= 4 is 17.9 Å². The topological polar surface area (TPSA) is 87.7 Å². The first-order chi connectivity index (χ1) is 15.4. The van der Waals surface area contributed by atoms with Gasteiger partial charge in [-0.1, -0.05) is 58.4 Å². The van der Waals surface area contributed by atoms with Gasteiger partial charge in [-0.2, -0.15) is 0 Å². The van der Waals surface area contributed by atoms with Crippen LogP contribution in [-0.4, -0.2) is 48.0 Å². The normalized spacial score (nSPS) is 13.2.